The van der Waals surface area contributed by atoms with E-state index in [1.807, 2.05) is 6.07 Å². The van der Waals surface area contributed by atoms with Gasteiger partial charge in [0.25, 0.3) is 11.8 Å². The normalized spacial score (nSPS) is 14.9. The highest BCUT2D eigenvalue weighted by Crippen LogP contribution is 2.28. The molecule has 1 aliphatic heterocycles. The Morgan fingerprint density at radius 3 is 2.58 bits per heavy atom. The number of nitrogen functional groups attached to an aromatic ring is 1. The molecule has 1 fully saturated rings. The number of rotatable bonds is 6. The molecule has 2 amide bonds. The molecule has 2 aromatic heterocycles. The number of nitrogens with zero attached hydrogens (tertiary/aromatic N) is 3. The number of halogens is 3. The molecule has 4 N–H and O–H groups in total. The van der Waals surface area contributed by atoms with Gasteiger partial charge in [-0.2, -0.15) is 5.10 Å². The van der Waals surface area contributed by atoms with Crippen LogP contribution in [0, 0.1) is 11.6 Å². The third kappa shape index (κ3) is 5.20. The predicted molar refractivity (Wildman–Crippen MR) is 137 cm³/mol. The number of nitrogens with two attached hydrogens (primary N) is 1. The standard InChI is InChI=1S/C26H21ClF2N6O3/c27-18-7-6-14(23-19(28)11-20(29)24(30)33-23)10-17(18)25(36)32-22-12-21(26(37)31-15-8-9-38-13-15)34-35(22)16-4-2-1-3-5-16/h1-7,10-12,15H,8-9,13H2,(H2,30,33)(H,31,37)(H,32,36). The van der Waals surface area contributed by atoms with Crippen molar-refractivity contribution in [3.63, 3.8) is 0 Å². The van der Waals surface area contributed by atoms with Crippen LogP contribution in [0.2, 0.25) is 5.02 Å². The number of carbonyl (C=O) groups is 2. The second-order valence-electron chi connectivity index (χ2n) is 8.53. The van der Waals surface area contributed by atoms with Gasteiger partial charge in [-0.05, 0) is 30.7 Å². The number of pyridine rings is 1. The Bertz CT molecular complexity index is 1520. The van der Waals surface area contributed by atoms with Crippen molar-refractivity contribution in [3.8, 4) is 16.9 Å². The van der Waals surface area contributed by atoms with Gasteiger partial charge in [-0.15, -0.1) is 0 Å². The molecule has 38 heavy (non-hydrogen) atoms. The van der Waals surface area contributed by atoms with Crippen LogP contribution in [0.25, 0.3) is 16.9 Å². The minimum Gasteiger partial charge on any atom is -0.381 e. The van der Waals surface area contributed by atoms with Crippen molar-refractivity contribution < 1.29 is 23.1 Å². The number of para-hydroxylation sites is 1. The molecule has 0 saturated carbocycles. The number of anilines is 2. The Labute approximate surface area is 220 Å². The molecule has 0 radical (unpaired) electrons. The molecule has 1 saturated heterocycles. The molecule has 12 heteroatoms. The molecule has 9 nitrogen and oxygen atoms in total. The quantitative estimate of drug-likeness (QED) is 0.338. The first-order valence-corrected chi connectivity index (χ1v) is 11.9. The molecule has 1 aliphatic rings. The largest absolute Gasteiger partial charge is 0.381 e. The maximum absolute atomic E-state index is 14.4. The SMILES string of the molecule is Nc1nc(-c2ccc(Cl)c(C(=O)Nc3cc(C(=O)NC4CCOC4)nn3-c3ccccc3)c2)c(F)cc1F. The summed E-state index contributed by atoms with van der Waals surface area (Å²) in [6.45, 7) is 0.979. The van der Waals surface area contributed by atoms with Crippen molar-refractivity contribution in [2.45, 2.75) is 12.5 Å². The van der Waals surface area contributed by atoms with Gasteiger partial charge in [-0.1, -0.05) is 35.9 Å². The van der Waals surface area contributed by atoms with Crippen LogP contribution in [0.15, 0.2) is 60.7 Å². The third-order valence-corrected chi connectivity index (χ3v) is 6.22. The summed E-state index contributed by atoms with van der Waals surface area (Å²) < 4.78 is 34.7. The number of hydrogen-bond donors (Lipinski definition) is 3. The molecule has 0 aliphatic carbocycles. The molecular formula is C26H21ClF2N6O3. The van der Waals surface area contributed by atoms with E-state index in [1.165, 1.54) is 28.9 Å². The van der Waals surface area contributed by atoms with E-state index in [0.29, 0.717) is 31.4 Å². The summed E-state index contributed by atoms with van der Waals surface area (Å²) in [4.78, 5) is 29.9. The van der Waals surface area contributed by atoms with Gasteiger partial charge in [-0.25, -0.2) is 18.4 Å². The summed E-state index contributed by atoms with van der Waals surface area (Å²) in [6.07, 6.45) is 0.693. The fourth-order valence-electron chi connectivity index (χ4n) is 3.97. The van der Waals surface area contributed by atoms with Crippen molar-refractivity contribution in [3.05, 3.63) is 88.6 Å². The van der Waals surface area contributed by atoms with Gasteiger partial charge in [0, 0.05) is 24.3 Å². The van der Waals surface area contributed by atoms with Gasteiger partial charge in [0.2, 0.25) is 0 Å². The fourth-order valence-corrected chi connectivity index (χ4v) is 4.17. The third-order valence-electron chi connectivity index (χ3n) is 5.89. The molecule has 3 heterocycles. The number of ether oxygens (including phenoxy) is 1. The lowest BCUT2D eigenvalue weighted by Crippen LogP contribution is -2.35. The van der Waals surface area contributed by atoms with E-state index in [9.17, 15) is 18.4 Å². The predicted octanol–water partition coefficient (Wildman–Crippen LogP) is 4.22. The molecule has 2 aromatic carbocycles. The number of amides is 2. The average Bonchev–Trinajstić information content (AvgIpc) is 3.57. The van der Waals surface area contributed by atoms with Crippen LogP contribution in [-0.4, -0.2) is 45.8 Å². The van der Waals surface area contributed by atoms with Gasteiger partial charge in [0.15, 0.2) is 23.1 Å². The number of hydrogen-bond acceptors (Lipinski definition) is 6. The zero-order valence-electron chi connectivity index (χ0n) is 19.7. The van der Waals surface area contributed by atoms with E-state index in [1.54, 1.807) is 24.3 Å². The van der Waals surface area contributed by atoms with Gasteiger partial charge in [0.1, 0.15) is 11.5 Å². The Balaban J connectivity index is 1.47. The highest BCUT2D eigenvalue weighted by atomic mass is 35.5. The lowest BCUT2D eigenvalue weighted by Gasteiger charge is -2.11. The van der Waals surface area contributed by atoms with Crippen molar-refractivity contribution in [2.75, 3.05) is 24.3 Å². The summed E-state index contributed by atoms with van der Waals surface area (Å²) in [5.41, 5.74) is 6.10. The first-order chi connectivity index (χ1) is 18.3. The van der Waals surface area contributed by atoms with E-state index in [2.05, 4.69) is 20.7 Å². The van der Waals surface area contributed by atoms with Crippen LogP contribution in [0.1, 0.15) is 27.3 Å². The first-order valence-electron chi connectivity index (χ1n) is 11.6. The minimum atomic E-state index is -0.993. The molecule has 4 aromatic rings. The Kier molecular flexibility index (Phi) is 7.03. The fraction of sp³-hybridized carbons (Fsp3) is 0.154. The lowest BCUT2D eigenvalue weighted by molar-refractivity contribution is 0.0923. The van der Waals surface area contributed by atoms with E-state index in [-0.39, 0.29) is 39.4 Å². The summed E-state index contributed by atoms with van der Waals surface area (Å²) in [5, 5.41) is 10.1. The number of benzene rings is 2. The zero-order chi connectivity index (χ0) is 26.8. The maximum Gasteiger partial charge on any atom is 0.272 e. The highest BCUT2D eigenvalue weighted by Gasteiger charge is 2.23. The number of aromatic nitrogens is 3. The second-order valence-corrected chi connectivity index (χ2v) is 8.94. The number of carbonyl (C=O) groups excluding carboxylic acids is 2. The monoisotopic (exact) mass is 538 g/mol. The van der Waals surface area contributed by atoms with E-state index < -0.39 is 29.3 Å². The van der Waals surface area contributed by atoms with Crippen molar-refractivity contribution in [1.82, 2.24) is 20.1 Å². The Morgan fingerprint density at radius 2 is 1.84 bits per heavy atom. The van der Waals surface area contributed by atoms with Crippen LogP contribution in [0.4, 0.5) is 20.4 Å². The van der Waals surface area contributed by atoms with Crippen LogP contribution in [-0.2, 0) is 4.74 Å². The second kappa shape index (κ2) is 10.6. The Hall–Kier alpha value is -4.35. The van der Waals surface area contributed by atoms with E-state index in [0.717, 1.165) is 0 Å². The average molecular weight is 539 g/mol. The van der Waals surface area contributed by atoms with Crippen molar-refractivity contribution in [2.24, 2.45) is 0 Å². The molecule has 194 valence electrons. The lowest BCUT2D eigenvalue weighted by atomic mass is 10.1. The van der Waals surface area contributed by atoms with Crippen LogP contribution < -0.4 is 16.4 Å². The molecule has 0 bridgehead atoms. The summed E-state index contributed by atoms with van der Waals surface area (Å²) in [5.74, 6) is -3.29. The molecule has 1 unspecified atom stereocenters. The van der Waals surface area contributed by atoms with Crippen molar-refractivity contribution in [1.29, 1.82) is 0 Å². The summed E-state index contributed by atoms with van der Waals surface area (Å²) in [6, 6.07) is 15.0. The topological polar surface area (TPSA) is 124 Å². The van der Waals surface area contributed by atoms with E-state index in [4.69, 9.17) is 22.1 Å². The first kappa shape index (κ1) is 25.3. The van der Waals surface area contributed by atoms with Gasteiger partial charge >= 0.3 is 0 Å². The molecule has 5 rings (SSSR count). The summed E-state index contributed by atoms with van der Waals surface area (Å²) in [7, 11) is 0. The Morgan fingerprint density at radius 1 is 1.05 bits per heavy atom. The number of nitrogens with one attached hydrogen (secondary N) is 2. The maximum atomic E-state index is 14.4. The summed E-state index contributed by atoms with van der Waals surface area (Å²) >= 11 is 6.29. The minimum absolute atomic E-state index is 0.0109. The molecule has 1 atom stereocenters. The zero-order valence-corrected chi connectivity index (χ0v) is 20.5. The highest BCUT2D eigenvalue weighted by molar-refractivity contribution is 6.34. The smallest absolute Gasteiger partial charge is 0.272 e. The van der Waals surface area contributed by atoms with Gasteiger partial charge in [0.05, 0.1) is 28.9 Å². The van der Waals surface area contributed by atoms with Gasteiger partial charge < -0.3 is 21.1 Å². The van der Waals surface area contributed by atoms with Crippen LogP contribution >= 0.6 is 11.6 Å². The van der Waals surface area contributed by atoms with Gasteiger partial charge in [-0.3, -0.25) is 9.59 Å². The van der Waals surface area contributed by atoms with E-state index >= 15 is 0 Å². The van der Waals surface area contributed by atoms with Crippen LogP contribution in [0.3, 0.4) is 0 Å². The van der Waals surface area contributed by atoms with Crippen molar-refractivity contribution >= 4 is 35.1 Å². The molecule has 0 spiro atoms. The van der Waals surface area contributed by atoms with Crippen LogP contribution in [0.5, 0.6) is 0 Å². The molecular weight excluding hydrogens is 518 g/mol.